The van der Waals surface area contributed by atoms with Crippen molar-refractivity contribution in [2.24, 2.45) is 0 Å². The highest BCUT2D eigenvalue weighted by Crippen LogP contribution is 2.31. The molecule has 0 spiro atoms. The number of ether oxygens (including phenoxy) is 1. The number of benzene rings is 2. The molecule has 3 N–H and O–H groups in total. The molecule has 3 aromatic heterocycles. The van der Waals surface area contributed by atoms with Crippen molar-refractivity contribution < 1.29 is 4.74 Å². The normalized spacial score (nSPS) is 13.2. The van der Waals surface area contributed by atoms with E-state index in [9.17, 15) is 0 Å². The maximum atomic E-state index is 5.01. The Kier molecular flexibility index (Phi) is 8.87. The number of anilines is 1. The summed E-state index contributed by atoms with van der Waals surface area (Å²) in [5.74, 6) is 1.69. The fourth-order valence-corrected chi connectivity index (χ4v) is 4.74. The summed E-state index contributed by atoms with van der Waals surface area (Å²) in [7, 11) is 0. The first-order valence-electron chi connectivity index (χ1n) is 13.6. The number of hydrogen-bond donors (Lipinski definition) is 3. The maximum Gasteiger partial charge on any atom is 0.180 e. The average molecular weight is 526 g/mol. The van der Waals surface area contributed by atoms with Crippen LogP contribution in [0, 0.1) is 0 Å². The lowest BCUT2D eigenvalue weighted by molar-refractivity contribution is 0.109. The molecule has 1 aliphatic heterocycles. The van der Waals surface area contributed by atoms with Crippen molar-refractivity contribution in [3.63, 3.8) is 0 Å². The molecule has 0 saturated carbocycles. The summed E-state index contributed by atoms with van der Waals surface area (Å²) in [6.45, 7) is 8.95. The van der Waals surface area contributed by atoms with Crippen LogP contribution < -0.4 is 10.6 Å². The first kappa shape index (κ1) is 26.5. The van der Waals surface area contributed by atoms with E-state index >= 15 is 0 Å². The van der Waals surface area contributed by atoms with Crippen LogP contribution >= 0.6 is 0 Å². The van der Waals surface area contributed by atoms with Crippen LogP contribution in [0.5, 0.6) is 0 Å². The molecule has 6 rings (SSSR count). The molecular weight excluding hydrogens is 490 g/mol. The van der Waals surface area contributed by atoms with Crippen LogP contribution in [0.3, 0.4) is 0 Å². The van der Waals surface area contributed by atoms with Crippen LogP contribution in [0.25, 0.3) is 28.2 Å². The van der Waals surface area contributed by atoms with Gasteiger partial charge in [0.15, 0.2) is 11.5 Å². The van der Waals surface area contributed by atoms with E-state index in [0.717, 1.165) is 86.0 Å². The molecule has 0 amide bonds. The molecule has 202 valence electrons. The molecule has 0 radical (unpaired) electrons. The Morgan fingerprint density at radius 1 is 0.974 bits per heavy atom. The molecule has 1 saturated heterocycles. The van der Waals surface area contributed by atoms with Gasteiger partial charge in [0.2, 0.25) is 0 Å². The monoisotopic (exact) mass is 525 g/mol. The quantitative estimate of drug-likeness (QED) is 0.276. The third kappa shape index (κ3) is 6.30. The van der Waals surface area contributed by atoms with Gasteiger partial charge in [-0.3, -0.25) is 0 Å². The zero-order valence-corrected chi connectivity index (χ0v) is 22.5. The lowest BCUT2D eigenvalue weighted by atomic mass is 9.96. The summed E-state index contributed by atoms with van der Waals surface area (Å²) in [6, 6.07) is 18.8. The van der Waals surface area contributed by atoms with Gasteiger partial charge in [0, 0.05) is 43.2 Å². The van der Waals surface area contributed by atoms with E-state index in [2.05, 4.69) is 80.5 Å². The number of morpholine rings is 1. The molecule has 4 heterocycles. The van der Waals surface area contributed by atoms with E-state index in [0.29, 0.717) is 5.82 Å². The van der Waals surface area contributed by atoms with Gasteiger partial charge in [-0.15, -0.1) is 5.10 Å². The molecule has 1 fully saturated rings. The van der Waals surface area contributed by atoms with Crippen LogP contribution in [0.1, 0.15) is 37.1 Å². The van der Waals surface area contributed by atoms with Crippen molar-refractivity contribution >= 4 is 11.5 Å². The van der Waals surface area contributed by atoms with E-state index < -0.39 is 0 Å². The van der Waals surface area contributed by atoms with Crippen molar-refractivity contribution in [2.75, 3.05) is 38.2 Å². The van der Waals surface area contributed by atoms with Crippen molar-refractivity contribution in [1.82, 2.24) is 40.5 Å². The number of nitrogens with zero attached hydrogens (tertiary/aromatic N) is 6. The van der Waals surface area contributed by atoms with Gasteiger partial charge in [-0.25, -0.2) is 10.1 Å². The summed E-state index contributed by atoms with van der Waals surface area (Å²) >= 11 is 0. The predicted octanol–water partition coefficient (Wildman–Crippen LogP) is 4.16. The molecule has 1 aliphatic rings. The molecule has 0 bridgehead atoms. The number of nitrogens with one attached hydrogen (secondary N) is 3. The number of aromatic nitrogens is 7. The number of tetrazole rings is 1. The third-order valence-electron chi connectivity index (χ3n) is 6.57. The Balaban J connectivity index is 0.000000455. The Hall–Kier alpha value is -4.15. The van der Waals surface area contributed by atoms with E-state index in [1.807, 2.05) is 28.8 Å². The van der Waals surface area contributed by atoms with E-state index in [4.69, 9.17) is 9.72 Å². The highest BCUT2D eigenvalue weighted by Gasteiger charge is 2.16. The fraction of sp³-hybridized carbons (Fsp3) is 0.345. The zero-order chi connectivity index (χ0) is 26.9. The summed E-state index contributed by atoms with van der Waals surface area (Å²) < 4.78 is 6.92. The number of hydrogen-bond acceptors (Lipinski definition) is 8. The van der Waals surface area contributed by atoms with Gasteiger partial charge in [-0.1, -0.05) is 61.9 Å². The second kappa shape index (κ2) is 13.1. The second-order valence-electron chi connectivity index (χ2n) is 9.30. The summed E-state index contributed by atoms with van der Waals surface area (Å²) in [6.07, 6.45) is 4.57. The van der Waals surface area contributed by atoms with Crippen LogP contribution in [0.15, 0.2) is 60.8 Å². The zero-order valence-electron chi connectivity index (χ0n) is 22.5. The first-order chi connectivity index (χ1) is 19.3. The maximum absolute atomic E-state index is 5.01. The van der Waals surface area contributed by atoms with Crippen LogP contribution in [0.4, 0.5) is 5.82 Å². The van der Waals surface area contributed by atoms with Crippen molar-refractivity contribution in [3.05, 3.63) is 77.6 Å². The molecular formula is C29H35N9O. The topological polar surface area (TPSA) is 118 Å². The van der Waals surface area contributed by atoms with E-state index in [1.165, 1.54) is 11.1 Å². The highest BCUT2D eigenvalue weighted by molar-refractivity contribution is 5.80. The largest absolute Gasteiger partial charge is 0.379 e. The Morgan fingerprint density at radius 3 is 2.41 bits per heavy atom. The Bertz CT molecular complexity index is 1450. The summed E-state index contributed by atoms with van der Waals surface area (Å²) in [4.78, 5) is 4.91. The van der Waals surface area contributed by atoms with Crippen molar-refractivity contribution in [1.29, 1.82) is 0 Å². The molecule has 2 aromatic carbocycles. The number of rotatable bonds is 8. The standard InChI is InChI=1S/C25H26N8.C4H9NO/c1-3-7-22-21(25(26-4-2)33-23(28-22)14-15-27-33)16-17-10-12-18(13-11-17)19-8-5-6-9-20(19)24-29-31-32-30-24;1-3-6-4-2-5-1/h5-6,8-15,26H,3-4,7,16H2,1-2H3,(H,29,30,31,32);5H,1-4H2. The van der Waals surface area contributed by atoms with Crippen LogP contribution in [0.2, 0.25) is 0 Å². The lowest BCUT2D eigenvalue weighted by Gasteiger charge is -2.17. The molecule has 0 unspecified atom stereocenters. The second-order valence-corrected chi connectivity index (χ2v) is 9.30. The number of fused-ring (bicyclic) bond motifs is 1. The average Bonchev–Trinajstić information content (AvgIpc) is 3.70. The Labute approximate surface area is 228 Å². The fourth-order valence-electron chi connectivity index (χ4n) is 4.74. The highest BCUT2D eigenvalue weighted by atomic mass is 16.5. The molecule has 0 aliphatic carbocycles. The lowest BCUT2D eigenvalue weighted by Crippen LogP contribution is -2.30. The van der Waals surface area contributed by atoms with Gasteiger partial charge < -0.3 is 15.4 Å². The van der Waals surface area contributed by atoms with E-state index in [-0.39, 0.29) is 0 Å². The molecule has 5 aromatic rings. The molecule has 0 atom stereocenters. The van der Waals surface area contributed by atoms with Gasteiger partial charge in [-0.2, -0.15) is 9.61 Å². The predicted molar refractivity (Wildman–Crippen MR) is 153 cm³/mol. The minimum absolute atomic E-state index is 0.660. The summed E-state index contributed by atoms with van der Waals surface area (Å²) in [5.41, 5.74) is 7.62. The van der Waals surface area contributed by atoms with Gasteiger partial charge in [-0.05, 0) is 40.5 Å². The first-order valence-corrected chi connectivity index (χ1v) is 13.6. The number of aryl methyl sites for hydroxylation is 1. The summed E-state index contributed by atoms with van der Waals surface area (Å²) in [5, 5.41) is 25.6. The smallest absolute Gasteiger partial charge is 0.180 e. The van der Waals surface area contributed by atoms with Gasteiger partial charge in [0.1, 0.15) is 5.82 Å². The SMILES string of the molecule is C1COCCN1.CCCc1nc2ccnn2c(NCC)c1Cc1ccc(-c2ccccc2-c2nnn[nH]2)cc1. The van der Waals surface area contributed by atoms with Crippen molar-refractivity contribution in [2.45, 2.75) is 33.1 Å². The number of H-pyrrole nitrogens is 1. The molecule has 10 nitrogen and oxygen atoms in total. The van der Waals surface area contributed by atoms with E-state index in [1.54, 1.807) is 6.20 Å². The Morgan fingerprint density at radius 2 is 1.77 bits per heavy atom. The van der Waals surface area contributed by atoms with Gasteiger partial charge in [0.05, 0.1) is 25.1 Å². The van der Waals surface area contributed by atoms with Gasteiger partial charge >= 0.3 is 0 Å². The third-order valence-corrected chi connectivity index (χ3v) is 6.57. The number of aromatic amines is 1. The van der Waals surface area contributed by atoms with Gasteiger partial charge in [0.25, 0.3) is 0 Å². The van der Waals surface area contributed by atoms with Crippen LogP contribution in [-0.4, -0.2) is 68.1 Å². The molecule has 39 heavy (non-hydrogen) atoms. The minimum Gasteiger partial charge on any atom is -0.379 e. The van der Waals surface area contributed by atoms with Crippen molar-refractivity contribution in [3.8, 4) is 22.5 Å². The minimum atomic E-state index is 0.660. The molecule has 10 heteroatoms. The van der Waals surface area contributed by atoms with Crippen LogP contribution in [-0.2, 0) is 17.6 Å².